The van der Waals surface area contributed by atoms with Crippen LogP contribution in [0.2, 0.25) is 0 Å². The molecule has 110 valence electrons. The Morgan fingerprint density at radius 1 is 1.40 bits per heavy atom. The first-order chi connectivity index (χ1) is 9.34. The van der Waals surface area contributed by atoms with Gasteiger partial charge in [0.2, 0.25) is 0 Å². The second-order valence-electron chi connectivity index (χ2n) is 4.60. The van der Waals surface area contributed by atoms with E-state index in [2.05, 4.69) is 4.98 Å². The maximum Gasteiger partial charge on any atom is 0.416 e. The van der Waals surface area contributed by atoms with Crippen LogP contribution < -0.4 is 5.73 Å². The summed E-state index contributed by atoms with van der Waals surface area (Å²) in [5.41, 5.74) is 6.04. The third kappa shape index (κ3) is 2.78. The molecule has 0 aliphatic carbocycles. The fourth-order valence-corrected chi connectivity index (χ4v) is 2.09. The summed E-state index contributed by atoms with van der Waals surface area (Å²) in [6.07, 6.45) is -4.38. The molecule has 0 aliphatic heterocycles. The number of methoxy groups -OCH3 is 1. The maximum absolute atomic E-state index is 12.7. The van der Waals surface area contributed by atoms with Gasteiger partial charge in [0.05, 0.1) is 29.2 Å². The van der Waals surface area contributed by atoms with Crippen molar-refractivity contribution < 1.29 is 17.9 Å². The number of nitrogens with zero attached hydrogens (tertiary/aromatic N) is 2. The summed E-state index contributed by atoms with van der Waals surface area (Å²) in [7, 11) is 1.56. The SMILES string of the molecule is COCCn1c(C(C)N)nc2cc(C(F)(F)F)ccc21. The second-order valence-corrected chi connectivity index (χ2v) is 4.60. The molecule has 0 bridgehead atoms. The molecule has 0 saturated carbocycles. The molecule has 1 unspecified atom stereocenters. The van der Waals surface area contributed by atoms with Crippen molar-refractivity contribution in [1.82, 2.24) is 9.55 Å². The van der Waals surface area contributed by atoms with E-state index in [4.69, 9.17) is 10.5 Å². The van der Waals surface area contributed by atoms with Gasteiger partial charge >= 0.3 is 6.18 Å². The molecule has 0 spiro atoms. The average molecular weight is 287 g/mol. The Morgan fingerprint density at radius 2 is 2.10 bits per heavy atom. The molecule has 1 aromatic carbocycles. The van der Waals surface area contributed by atoms with Gasteiger partial charge in [0, 0.05) is 13.7 Å². The summed E-state index contributed by atoms with van der Waals surface area (Å²) >= 11 is 0. The average Bonchev–Trinajstić information content (AvgIpc) is 2.73. The van der Waals surface area contributed by atoms with E-state index in [1.165, 1.54) is 6.07 Å². The lowest BCUT2D eigenvalue weighted by atomic mass is 10.2. The maximum atomic E-state index is 12.7. The Kier molecular flexibility index (Phi) is 4.01. The van der Waals surface area contributed by atoms with Crippen LogP contribution in [0, 0.1) is 0 Å². The Bertz CT molecular complexity index is 605. The number of benzene rings is 1. The number of alkyl halides is 3. The standard InChI is InChI=1S/C13H16F3N3O/c1-8(17)12-18-10-7-9(13(14,15)16)3-4-11(10)19(12)5-6-20-2/h3-4,7-8H,5-6,17H2,1-2H3. The minimum absolute atomic E-state index is 0.295. The molecule has 2 N–H and O–H groups in total. The Morgan fingerprint density at radius 3 is 2.65 bits per heavy atom. The fourth-order valence-electron chi connectivity index (χ4n) is 2.09. The van der Waals surface area contributed by atoms with Crippen LogP contribution in [-0.4, -0.2) is 23.3 Å². The molecule has 0 aliphatic rings. The molecular weight excluding hydrogens is 271 g/mol. The molecule has 0 radical (unpaired) electrons. The molecule has 1 aromatic heterocycles. The van der Waals surface area contributed by atoms with Gasteiger partial charge in [-0.3, -0.25) is 0 Å². The van der Waals surface area contributed by atoms with E-state index in [1.54, 1.807) is 18.6 Å². The minimum Gasteiger partial charge on any atom is -0.383 e. The number of fused-ring (bicyclic) bond motifs is 1. The molecule has 20 heavy (non-hydrogen) atoms. The summed E-state index contributed by atoms with van der Waals surface area (Å²) < 4.78 is 44.9. The van der Waals surface area contributed by atoms with Gasteiger partial charge in [-0.2, -0.15) is 13.2 Å². The van der Waals surface area contributed by atoms with E-state index >= 15 is 0 Å². The van der Waals surface area contributed by atoms with Crippen molar-refractivity contribution in [3.8, 4) is 0 Å². The monoisotopic (exact) mass is 287 g/mol. The number of imidazole rings is 1. The molecule has 7 heteroatoms. The van der Waals surface area contributed by atoms with Gasteiger partial charge in [0.25, 0.3) is 0 Å². The molecule has 0 saturated heterocycles. The number of aromatic nitrogens is 2. The molecule has 2 aromatic rings. The van der Waals surface area contributed by atoms with E-state index < -0.39 is 11.7 Å². The highest BCUT2D eigenvalue weighted by Crippen LogP contribution is 2.32. The van der Waals surface area contributed by atoms with Crippen LogP contribution in [0.5, 0.6) is 0 Å². The summed E-state index contributed by atoms with van der Waals surface area (Å²) in [5.74, 6) is 0.552. The predicted molar refractivity (Wildman–Crippen MR) is 69.2 cm³/mol. The van der Waals surface area contributed by atoms with Gasteiger partial charge in [-0.15, -0.1) is 0 Å². The molecule has 1 atom stereocenters. The number of ether oxygens (including phenoxy) is 1. The third-order valence-corrected chi connectivity index (χ3v) is 3.03. The molecular formula is C13H16F3N3O. The lowest BCUT2D eigenvalue weighted by Gasteiger charge is -2.11. The number of nitrogens with two attached hydrogens (primary N) is 1. The van der Waals surface area contributed by atoms with Crippen LogP contribution in [0.3, 0.4) is 0 Å². The van der Waals surface area contributed by atoms with Crippen LogP contribution in [0.1, 0.15) is 24.4 Å². The lowest BCUT2D eigenvalue weighted by Crippen LogP contribution is -2.15. The van der Waals surface area contributed by atoms with Crippen molar-refractivity contribution in [1.29, 1.82) is 0 Å². The van der Waals surface area contributed by atoms with Crippen LogP contribution in [0.15, 0.2) is 18.2 Å². The smallest absolute Gasteiger partial charge is 0.383 e. The number of halogens is 3. The zero-order valence-corrected chi connectivity index (χ0v) is 11.2. The first kappa shape index (κ1) is 14.8. The van der Waals surface area contributed by atoms with Crippen molar-refractivity contribution in [3.63, 3.8) is 0 Å². The van der Waals surface area contributed by atoms with Crippen LogP contribution in [0.25, 0.3) is 11.0 Å². The zero-order valence-electron chi connectivity index (χ0n) is 11.2. The van der Waals surface area contributed by atoms with Crippen molar-refractivity contribution in [3.05, 3.63) is 29.6 Å². The van der Waals surface area contributed by atoms with Crippen molar-refractivity contribution in [2.24, 2.45) is 5.73 Å². The van der Waals surface area contributed by atoms with Gasteiger partial charge in [-0.05, 0) is 25.1 Å². The summed E-state index contributed by atoms with van der Waals surface area (Å²) in [6.45, 7) is 2.68. The first-order valence-corrected chi connectivity index (χ1v) is 6.16. The van der Waals surface area contributed by atoms with Crippen molar-refractivity contribution in [2.75, 3.05) is 13.7 Å². The van der Waals surface area contributed by atoms with E-state index in [-0.39, 0.29) is 6.04 Å². The second kappa shape index (κ2) is 5.41. The van der Waals surface area contributed by atoms with Gasteiger partial charge < -0.3 is 15.0 Å². The lowest BCUT2D eigenvalue weighted by molar-refractivity contribution is -0.137. The van der Waals surface area contributed by atoms with E-state index in [0.717, 1.165) is 12.1 Å². The topological polar surface area (TPSA) is 53.1 Å². The van der Waals surface area contributed by atoms with Crippen molar-refractivity contribution >= 4 is 11.0 Å². The van der Waals surface area contributed by atoms with E-state index in [9.17, 15) is 13.2 Å². The predicted octanol–water partition coefficient (Wildman–Crippen LogP) is 2.72. The van der Waals surface area contributed by atoms with Gasteiger partial charge in [0.1, 0.15) is 5.82 Å². The third-order valence-electron chi connectivity index (χ3n) is 3.03. The molecule has 0 amide bonds. The number of hydrogen-bond acceptors (Lipinski definition) is 3. The largest absolute Gasteiger partial charge is 0.416 e. The van der Waals surface area contributed by atoms with Gasteiger partial charge in [-0.25, -0.2) is 4.98 Å². The zero-order chi connectivity index (χ0) is 14.9. The molecule has 0 fully saturated rings. The Balaban J connectivity index is 2.55. The number of hydrogen-bond donors (Lipinski definition) is 1. The quantitative estimate of drug-likeness (QED) is 0.940. The van der Waals surface area contributed by atoms with E-state index in [1.807, 2.05) is 0 Å². The first-order valence-electron chi connectivity index (χ1n) is 6.16. The summed E-state index contributed by atoms with van der Waals surface area (Å²) in [5, 5.41) is 0. The van der Waals surface area contributed by atoms with E-state index in [0.29, 0.717) is 30.0 Å². The highest BCUT2D eigenvalue weighted by atomic mass is 19.4. The van der Waals surface area contributed by atoms with Crippen LogP contribution in [-0.2, 0) is 17.5 Å². The Hall–Kier alpha value is -1.60. The summed E-state index contributed by atoms with van der Waals surface area (Å²) in [4.78, 5) is 4.22. The molecule has 2 rings (SSSR count). The van der Waals surface area contributed by atoms with Gasteiger partial charge in [-0.1, -0.05) is 0 Å². The normalized spacial score (nSPS) is 13.9. The highest BCUT2D eigenvalue weighted by Gasteiger charge is 2.31. The summed E-state index contributed by atoms with van der Waals surface area (Å²) in [6, 6.07) is 3.16. The fraction of sp³-hybridized carbons (Fsp3) is 0.462. The van der Waals surface area contributed by atoms with Crippen LogP contribution >= 0.6 is 0 Å². The van der Waals surface area contributed by atoms with Crippen LogP contribution in [0.4, 0.5) is 13.2 Å². The van der Waals surface area contributed by atoms with Gasteiger partial charge in [0.15, 0.2) is 0 Å². The highest BCUT2D eigenvalue weighted by molar-refractivity contribution is 5.77. The molecule has 4 nitrogen and oxygen atoms in total. The molecule has 1 heterocycles. The number of rotatable bonds is 4. The Labute approximate surface area is 114 Å². The van der Waals surface area contributed by atoms with Crippen molar-refractivity contribution in [2.45, 2.75) is 25.7 Å². The minimum atomic E-state index is -4.38.